The van der Waals surface area contributed by atoms with Crippen molar-refractivity contribution in [3.8, 4) is 17.0 Å². The van der Waals surface area contributed by atoms with Crippen LogP contribution in [-0.2, 0) is 11.3 Å². The van der Waals surface area contributed by atoms with Crippen LogP contribution >= 0.6 is 0 Å². The first-order valence-corrected chi connectivity index (χ1v) is 12.0. The lowest BCUT2D eigenvalue weighted by molar-refractivity contribution is 0.0800. The van der Waals surface area contributed by atoms with Gasteiger partial charge in [-0.1, -0.05) is 6.92 Å². The predicted octanol–water partition coefficient (Wildman–Crippen LogP) is 2.45. The molecule has 10 nitrogen and oxygen atoms in total. The van der Waals surface area contributed by atoms with E-state index in [0.29, 0.717) is 56.4 Å². The molecule has 0 fully saturated rings. The van der Waals surface area contributed by atoms with Gasteiger partial charge in [-0.2, -0.15) is 0 Å². The topological polar surface area (TPSA) is 123 Å². The second-order valence-corrected chi connectivity index (χ2v) is 8.96. The normalized spacial score (nSPS) is 11.7. The summed E-state index contributed by atoms with van der Waals surface area (Å²) in [6.45, 7) is 8.79. The van der Waals surface area contributed by atoms with E-state index >= 15 is 0 Å². The van der Waals surface area contributed by atoms with Gasteiger partial charge in [0.15, 0.2) is 11.5 Å². The van der Waals surface area contributed by atoms with Crippen molar-refractivity contribution in [1.82, 2.24) is 24.8 Å². The zero-order chi connectivity index (χ0) is 25.3. The van der Waals surface area contributed by atoms with Gasteiger partial charge < -0.3 is 25.2 Å². The molecule has 0 radical (unpaired) electrons. The first-order valence-electron chi connectivity index (χ1n) is 12.0. The van der Waals surface area contributed by atoms with Crippen LogP contribution in [-0.4, -0.2) is 70.2 Å². The van der Waals surface area contributed by atoms with Gasteiger partial charge in [-0.25, -0.2) is 15.0 Å². The summed E-state index contributed by atoms with van der Waals surface area (Å²) >= 11 is 0. The average Bonchev–Trinajstić information content (AvgIpc) is 2.84. The lowest BCUT2D eigenvalue weighted by Gasteiger charge is -2.17. The van der Waals surface area contributed by atoms with Crippen LogP contribution < -0.4 is 20.9 Å². The largest absolute Gasteiger partial charge is 0.481 e. The Labute approximate surface area is 205 Å². The van der Waals surface area contributed by atoms with Crippen molar-refractivity contribution < 1.29 is 14.6 Å². The van der Waals surface area contributed by atoms with Crippen LogP contribution in [0.5, 0.6) is 5.88 Å². The van der Waals surface area contributed by atoms with Gasteiger partial charge in [-0.3, -0.25) is 9.36 Å². The van der Waals surface area contributed by atoms with Gasteiger partial charge in [0.05, 0.1) is 24.8 Å². The fourth-order valence-electron chi connectivity index (χ4n) is 3.51. The number of nitrogens with one attached hydrogen (secondary N) is 2. The molecule has 10 heteroatoms. The van der Waals surface area contributed by atoms with Crippen molar-refractivity contribution >= 4 is 17.0 Å². The number of aliphatic hydroxyl groups is 1. The predicted molar refractivity (Wildman–Crippen MR) is 137 cm³/mol. The smallest absolute Gasteiger partial charge is 0.293 e. The number of rotatable bonds is 14. The molecule has 3 aromatic rings. The molecule has 190 valence electrons. The highest BCUT2D eigenvalue weighted by Gasteiger charge is 2.14. The van der Waals surface area contributed by atoms with Crippen LogP contribution in [0.2, 0.25) is 0 Å². The summed E-state index contributed by atoms with van der Waals surface area (Å²) in [4.78, 5) is 26.6. The Bertz CT molecular complexity index is 1140. The Morgan fingerprint density at radius 1 is 1.11 bits per heavy atom. The van der Waals surface area contributed by atoms with E-state index in [2.05, 4.69) is 25.6 Å². The van der Waals surface area contributed by atoms with E-state index in [9.17, 15) is 9.90 Å². The Balaban J connectivity index is 1.83. The first-order chi connectivity index (χ1) is 16.8. The zero-order valence-electron chi connectivity index (χ0n) is 21.0. The molecule has 0 saturated heterocycles. The highest BCUT2D eigenvalue weighted by atomic mass is 16.5. The summed E-state index contributed by atoms with van der Waals surface area (Å²) in [6, 6.07) is 5.59. The maximum Gasteiger partial charge on any atom is 0.293 e. The van der Waals surface area contributed by atoms with Crippen LogP contribution in [0.25, 0.3) is 22.3 Å². The third-order valence-corrected chi connectivity index (χ3v) is 5.27. The maximum absolute atomic E-state index is 13.3. The first kappa shape index (κ1) is 26.5. The summed E-state index contributed by atoms with van der Waals surface area (Å²) in [5.41, 5.74) is 1.84. The minimum atomic E-state index is -0.757. The monoisotopic (exact) mass is 484 g/mol. The summed E-state index contributed by atoms with van der Waals surface area (Å²) in [7, 11) is 1.57. The summed E-state index contributed by atoms with van der Waals surface area (Å²) < 4.78 is 12.5. The number of ether oxygens (including phenoxy) is 2. The molecule has 0 aliphatic heterocycles. The van der Waals surface area contributed by atoms with E-state index in [4.69, 9.17) is 9.47 Å². The van der Waals surface area contributed by atoms with Crippen LogP contribution in [0.4, 0.5) is 5.82 Å². The number of pyridine rings is 2. The van der Waals surface area contributed by atoms with E-state index in [-0.39, 0.29) is 11.4 Å². The van der Waals surface area contributed by atoms with E-state index in [1.807, 2.05) is 19.1 Å². The van der Waals surface area contributed by atoms with Crippen molar-refractivity contribution in [3.05, 3.63) is 40.9 Å². The second kappa shape index (κ2) is 12.6. The minimum Gasteiger partial charge on any atom is -0.481 e. The summed E-state index contributed by atoms with van der Waals surface area (Å²) in [5.74, 6) is 0.793. The number of aromatic nitrogens is 4. The molecular weight excluding hydrogens is 448 g/mol. The molecule has 0 unspecified atom stereocenters. The lowest BCUT2D eigenvalue weighted by atomic mass is 10.1. The Morgan fingerprint density at radius 3 is 2.60 bits per heavy atom. The number of fused-ring (bicyclic) bond motifs is 1. The van der Waals surface area contributed by atoms with Crippen molar-refractivity contribution in [2.24, 2.45) is 0 Å². The molecule has 3 aromatic heterocycles. The molecule has 3 N–H and O–H groups in total. The van der Waals surface area contributed by atoms with E-state index in [0.717, 1.165) is 24.0 Å². The highest BCUT2D eigenvalue weighted by molar-refractivity contribution is 5.78. The zero-order valence-corrected chi connectivity index (χ0v) is 21.0. The number of hydrogen-bond acceptors (Lipinski definition) is 9. The number of anilines is 1. The van der Waals surface area contributed by atoms with Crippen LogP contribution in [0.1, 0.15) is 33.6 Å². The summed E-state index contributed by atoms with van der Waals surface area (Å²) in [6.07, 6.45) is 5.12. The Hall–Kier alpha value is -3.08. The minimum absolute atomic E-state index is 0.214. The molecule has 0 spiro atoms. The fraction of sp³-hybridized carbons (Fsp3) is 0.520. The molecule has 0 bridgehead atoms. The third-order valence-electron chi connectivity index (χ3n) is 5.27. The SMILES string of the molecule is CCCOCCn1c(=O)c(NCCCNCC(C)(C)O)nc2ncc(-c3ccc(OC)nc3)cc21. The van der Waals surface area contributed by atoms with E-state index in [1.54, 1.807) is 44.0 Å². The van der Waals surface area contributed by atoms with Gasteiger partial charge in [0, 0.05) is 55.8 Å². The quantitative estimate of drug-likeness (QED) is 0.296. The standard InChI is InChI=1S/C25H36N6O4/c1-5-12-35-13-11-31-20-14-19(18-7-8-21(34-4)28-15-18)16-29-22(20)30-23(24(31)32)27-10-6-9-26-17-25(2,3)33/h7-8,14-16,26,33H,5-6,9-13,17H2,1-4H3,(H,27,29,30). The van der Waals surface area contributed by atoms with Crippen molar-refractivity contribution in [2.75, 3.05) is 45.3 Å². The molecule has 0 aliphatic rings. The van der Waals surface area contributed by atoms with Gasteiger partial charge >= 0.3 is 0 Å². The van der Waals surface area contributed by atoms with Crippen LogP contribution in [0.3, 0.4) is 0 Å². The van der Waals surface area contributed by atoms with Crippen LogP contribution in [0, 0.1) is 0 Å². The van der Waals surface area contributed by atoms with Gasteiger partial charge in [0.2, 0.25) is 5.88 Å². The average molecular weight is 485 g/mol. The van der Waals surface area contributed by atoms with E-state index < -0.39 is 5.60 Å². The molecule has 0 saturated carbocycles. The molecule has 0 aromatic carbocycles. The van der Waals surface area contributed by atoms with Gasteiger partial charge in [0.1, 0.15) is 0 Å². The summed E-state index contributed by atoms with van der Waals surface area (Å²) in [5, 5.41) is 16.1. The van der Waals surface area contributed by atoms with Gasteiger partial charge in [-0.05, 0) is 45.4 Å². The lowest BCUT2D eigenvalue weighted by Crippen LogP contribution is -2.35. The highest BCUT2D eigenvalue weighted by Crippen LogP contribution is 2.23. The Morgan fingerprint density at radius 2 is 1.91 bits per heavy atom. The number of methoxy groups -OCH3 is 1. The van der Waals surface area contributed by atoms with Gasteiger partial charge in [-0.15, -0.1) is 0 Å². The molecule has 0 atom stereocenters. The molecule has 0 aliphatic carbocycles. The molecule has 0 amide bonds. The third kappa shape index (κ3) is 7.71. The van der Waals surface area contributed by atoms with E-state index in [1.165, 1.54) is 0 Å². The number of nitrogens with zero attached hydrogens (tertiary/aromatic N) is 4. The van der Waals surface area contributed by atoms with Crippen molar-refractivity contribution in [3.63, 3.8) is 0 Å². The molecule has 3 heterocycles. The van der Waals surface area contributed by atoms with Crippen LogP contribution in [0.15, 0.2) is 35.4 Å². The second-order valence-electron chi connectivity index (χ2n) is 8.96. The fourth-order valence-corrected chi connectivity index (χ4v) is 3.51. The molecular formula is C25H36N6O4. The van der Waals surface area contributed by atoms with Crippen molar-refractivity contribution in [1.29, 1.82) is 0 Å². The number of hydrogen-bond donors (Lipinski definition) is 3. The van der Waals surface area contributed by atoms with Gasteiger partial charge in [0.25, 0.3) is 5.56 Å². The Kier molecular flexibility index (Phi) is 9.53. The maximum atomic E-state index is 13.3. The molecule has 35 heavy (non-hydrogen) atoms. The van der Waals surface area contributed by atoms with Crippen molar-refractivity contribution in [2.45, 2.75) is 45.8 Å². The molecule has 3 rings (SSSR count).